The van der Waals surface area contributed by atoms with Crippen LogP contribution in [0.1, 0.15) is 53.9 Å². The van der Waals surface area contributed by atoms with Crippen molar-refractivity contribution >= 4 is 28.7 Å². The lowest BCUT2D eigenvalue weighted by molar-refractivity contribution is -0.137. The molecule has 0 saturated heterocycles. The highest BCUT2D eigenvalue weighted by Crippen LogP contribution is 2.25. The lowest BCUT2D eigenvalue weighted by atomic mass is 10.0. The smallest absolute Gasteiger partial charge is 0.303 e. The standard InChI is InChI=1S/C25H27NO3/c1-17(2)16-19-12-10-18(11-13-19)14-15-23(27)25-20-6-3-4-7-21(20)26-22(25)8-5-9-24(28)29/h3-4,6-7,10-15,17,26H,5,8-9,16H2,1-2H3,(H,28,29). The van der Waals surface area contributed by atoms with Gasteiger partial charge in [0.25, 0.3) is 0 Å². The van der Waals surface area contributed by atoms with Crippen LogP contribution in [0.5, 0.6) is 0 Å². The SMILES string of the molecule is CC(C)Cc1ccc(C=CC(=O)c2c(CCCC(=O)O)[nH]c3ccccc23)cc1. The number of carbonyl (C=O) groups is 2. The van der Waals surface area contributed by atoms with E-state index < -0.39 is 5.97 Å². The molecular formula is C25H27NO3. The molecule has 0 aliphatic carbocycles. The molecule has 3 aromatic rings. The minimum Gasteiger partial charge on any atom is -0.481 e. The highest BCUT2D eigenvalue weighted by molar-refractivity contribution is 6.15. The number of aromatic nitrogens is 1. The minimum atomic E-state index is -0.824. The van der Waals surface area contributed by atoms with Gasteiger partial charge in [-0.05, 0) is 48.4 Å². The van der Waals surface area contributed by atoms with E-state index in [1.807, 2.05) is 42.5 Å². The van der Waals surface area contributed by atoms with Crippen LogP contribution in [-0.4, -0.2) is 21.8 Å². The van der Waals surface area contributed by atoms with Gasteiger partial charge in [0.1, 0.15) is 0 Å². The number of hydrogen-bond donors (Lipinski definition) is 2. The third kappa shape index (κ3) is 5.44. The Morgan fingerprint density at radius 1 is 1.07 bits per heavy atom. The van der Waals surface area contributed by atoms with E-state index in [1.165, 1.54) is 5.56 Å². The fourth-order valence-electron chi connectivity index (χ4n) is 3.57. The summed E-state index contributed by atoms with van der Waals surface area (Å²) in [7, 11) is 0. The van der Waals surface area contributed by atoms with Crippen LogP contribution >= 0.6 is 0 Å². The van der Waals surface area contributed by atoms with E-state index in [1.54, 1.807) is 6.08 Å². The number of hydrogen-bond acceptors (Lipinski definition) is 2. The van der Waals surface area contributed by atoms with Crippen LogP contribution in [0.3, 0.4) is 0 Å². The quantitative estimate of drug-likeness (QED) is 0.366. The largest absolute Gasteiger partial charge is 0.481 e. The number of H-pyrrole nitrogens is 1. The van der Waals surface area contributed by atoms with Gasteiger partial charge in [0.05, 0.1) is 5.56 Å². The van der Waals surface area contributed by atoms with Gasteiger partial charge in [-0.3, -0.25) is 9.59 Å². The van der Waals surface area contributed by atoms with Crippen molar-refractivity contribution in [3.8, 4) is 0 Å². The Kier molecular flexibility index (Phi) is 6.65. The summed E-state index contributed by atoms with van der Waals surface area (Å²) < 4.78 is 0. The number of aryl methyl sites for hydroxylation is 1. The number of para-hydroxylation sites is 1. The number of carboxylic acids is 1. The van der Waals surface area contributed by atoms with Gasteiger partial charge in [0, 0.05) is 23.0 Å². The Morgan fingerprint density at radius 3 is 2.48 bits per heavy atom. The number of aliphatic carboxylic acids is 1. The highest BCUT2D eigenvalue weighted by Gasteiger charge is 2.16. The van der Waals surface area contributed by atoms with Gasteiger partial charge in [-0.1, -0.05) is 62.4 Å². The molecule has 0 unspecified atom stereocenters. The normalized spacial score (nSPS) is 11.6. The van der Waals surface area contributed by atoms with Crippen LogP contribution in [-0.2, 0) is 17.6 Å². The molecule has 150 valence electrons. The predicted molar refractivity (Wildman–Crippen MR) is 117 cm³/mol. The van der Waals surface area contributed by atoms with E-state index in [9.17, 15) is 9.59 Å². The molecule has 1 heterocycles. The minimum absolute atomic E-state index is 0.0703. The lowest BCUT2D eigenvalue weighted by Gasteiger charge is -2.05. The van der Waals surface area contributed by atoms with Crippen molar-refractivity contribution in [1.82, 2.24) is 4.98 Å². The predicted octanol–water partition coefficient (Wildman–Crippen LogP) is 5.67. The second kappa shape index (κ2) is 9.37. The van der Waals surface area contributed by atoms with Gasteiger partial charge in [-0.15, -0.1) is 0 Å². The van der Waals surface area contributed by atoms with Crippen molar-refractivity contribution in [2.45, 2.75) is 39.5 Å². The van der Waals surface area contributed by atoms with Crippen molar-refractivity contribution in [1.29, 1.82) is 0 Å². The van der Waals surface area contributed by atoms with Crippen molar-refractivity contribution in [2.75, 3.05) is 0 Å². The lowest BCUT2D eigenvalue weighted by Crippen LogP contribution is -2.01. The first-order chi connectivity index (χ1) is 13.9. The van der Waals surface area contributed by atoms with E-state index >= 15 is 0 Å². The molecule has 0 radical (unpaired) electrons. The molecule has 0 bridgehead atoms. The molecule has 3 rings (SSSR count). The number of carbonyl (C=O) groups excluding carboxylic acids is 1. The number of carboxylic acid groups (broad SMARTS) is 1. The van der Waals surface area contributed by atoms with Crippen LogP contribution in [0.4, 0.5) is 0 Å². The third-order valence-electron chi connectivity index (χ3n) is 4.90. The average Bonchev–Trinajstić information content (AvgIpc) is 3.05. The zero-order chi connectivity index (χ0) is 20.8. The Bertz CT molecular complexity index is 1030. The van der Waals surface area contributed by atoms with Gasteiger partial charge in [-0.2, -0.15) is 0 Å². The van der Waals surface area contributed by atoms with E-state index in [0.29, 0.717) is 24.3 Å². The van der Waals surface area contributed by atoms with Crippen LogP contribution in [0, 0.1) is 5.92 Å². The second-order valence-electron chi connectivity index (χ2n) is 7.81. The molecule has 0 fully saturated rings. The molecule has 0 saturated carbocycles. The van der Waals surface area contributed by atoms with Gasteiger partial charge in [0.15, 0.2) is 5.78 Å². The average molecular weight is 389 g/mol. The Morgan fingerprint density at radius 2 is 1.79 bits per heavy atom. The Labute approximate surface area is 171 Å². The molecule has 0 amide bonds. The van der Waals surface area contributed by atoms with Gasteiger partial charge < -0.3 is 10.1 Å². The summed E-state index contributed by atoms with van der Waals surface area (Å²) in [6.07, 6.45) is 5.58. The van der Waals surface area contributed by atoms with E-state index in [2.05, 4.69) is 31.0 Å². The summed E-state index contributed by atoms with van der Waals surface area (Å²) in [5.41, 5.74) is 4.61. The van der Waals surface area contributed by atoms with Crippen molar-refractivity contribution in [3.05, 3.63) is 77.0 Å². The van der Waals surface area contributed by atoms with Gasteiger partial charge in [0.2, 0.25) is 0 Å². The molecule has 1 aromatic heterocycles. The summed E-state index contributed by atoms with van der Waals surface area (Å²) in [4.78, 5) is 27.1. The third-order valence-corrected chi connectivity index (χ3v) is 4.90. The number of ketones is 1. The number of nitrogens with one attached hydrogen (secondary N) is 1. The number of fused-ring (bicyclic) bond motifs is 1. The van der Waals surface area contributed by atoms with Gasteiger partial charge in [-0.25, -0.2) is 0 Å². The molecule has 29 heavy (non-hydrogen) atoms. The van der Waals surface area contributed by atoms with Crippen LogP contribution in [0.25, 0.3) is 17.0 Å². The van der Waals surface area contributed by atoms with Gasteiger partial charge >= 0.3 is 5.97 Å². The first kappa shape index (κ1) is 20.6. The van der Waals surface area contributed by atoms with E-state index in [-0.39, 0.29) is 12.2 Å². The Balaban J connectivity index is 1.82. The van der Waals surface area contributed by atoms with Crippen molar-refractivity contribution in [2.24, 2.45) is 5.92 Å². The zero-order valence-corrected chi connectivity index (χ0v) is 16.9. The molecule has 0 aliphatic rings. The molecule has 0 aliphatic heterocycles. The van der Waals surface area contributed by atoms with Crippen LogP contribution < -0.4 is 0 Å². The number of benzene rings is 2. The summed E-state index contributed by atoms with van der Waals surface area (Å²) in [5, 5.41) is 9.77. The number of aromatic amines is 1. The maximum Gasteiger partial charge on any atom is 0.303 e. The van der Waals surface area contributed by atoms with E-state index in [4.69, 9.17) is 5.11 Å². The molecular weight excluding hydrogens is 362 g/mol. The molecule has 4 heteroatoms. The van der Waals surface area contributed by atoms with Crippen LogP contribution in [0.15, 0.2) is 54.6 Å². The van der Waals surface area contributed by atoms with E-state index in [0.717, 1.165) is 28.6 Å². The Hall–Kier alpha value is -3.14. The monoisotopic (exact) mass is 389 g/mol. The molecule has 2 N–H and O–H groups in total. The summed E-state index contributed by atoms with van der Waals surface area (Å²) >= 11 is 0. The summed E-state index contributed by atoms with van der Waals surface area (Å²) in [6, 6.07) is 16.0. The first-order valence-corrected chi connectivity index (χ1v) is 10.1. The molecule has 0 spiro atoms. The fraction of sp³-hybridized carbons (Fsp3) is 0.280. The van der Waals surface area contributed by atoms with Crippen LogP contribution in [0.2, 0.25) is 0 Å². The maximum absolute atomic E-state index is 13.0. The fourth-order valence-corrected chi connectivity index (χ4v) is 3.57. The number of allylic oxidation sites excluding steroid dienone is 1. The zero-order valence-electron chi connectivity index (χ0n) is 16.9. The first-order valence-electron chi connectivity index (χ1n) is 10.1. The maximum atomic E-state index is 13.0. The summed E-state index contributed by atoms with van der Waals surface area (Å²) in [5.74, 6) is -0.284. The van der Waals surface area contributed by atoms with Crippen molar-refractivity contribution in [3.63, 3.8) is 0 Å². The summed E-state index contributed by atoms with van der Waals surface area (Å²) in [6.45, 7) is 4.39. The molecule has 4 nitrogen and oxygen atoms in total. The molecule has 2 aromatic carbocycles. The second-order valence-corrected chi connectivity index (χ2v) is 7.81. The number of rotatable bonds is 9. The molecule has 0 atom stereocenters. The topological polar surface area (TPSA) is 70.2 Å². The highest BCUT2D eigenvalue weighted by atomic mass is 16.4. The van der Waals surface area contributed by atoms with Crippen molar-refractivity contribution < 1.29 is 14.7 Å².